The first-order chi connectivity index (χ1) is 10.3. The summed E-state index contributed by atoms with van der Waals surface area (Å²) in [7, 11) is -7.79. The SMILES string of the molecule is CCN(CCNS(C)(=O)=O)c1ccc(N)c(C)c1.O=S(=O)(O)O. The van der Waals surface area contributed by atoms with Gasteiger partial charge < -0.3 is 10.6 Å². The average Bonchev–Trinajstić information content (AvgIpc) is 2.35. The van der Waals surface area contributed by atoms with Crippen molar-refractivity contribution in [2.24, 2.45) is 0 Å². The Morgan fingerprint density at radius 3 is 2.13 bits per heavy atom. The van der Waals surface area contributed by atoms with Crippen LogP contribution >= 0.6 is 0 Å². The van der Waals surface area contributed by atoms with E-state index in [4.69, 9.17) is 23.3 Å². The Balaban J connectivity index is 0.000000841. The molecule has 0 aliphatic heterocycles. The van der Waals surface area contributed by atoms with E-state index in [1.54, 1.807) is 0 Å². The number of sulfonamides is 1. The van der Waals surface area contributed by atoms with Gasteiger partial charge in [-0.25, -0.2) is 13.1 Å². The second-order valence-corrected chi connectivity index (χ2v) is 7.46. The van der Waals surface area contributed by atoms with Crippen LogP contribution in [0.25, 0.3) is 0 Å². The lowest BCUT2D eigenvalue weighted by atomic mass is 10.1. The van der Waals surface area contributed by atoms with E-state index in [2.05, 4.69) is 9.62 Å². The van der Waals surface area contributed by atoms with E-state index in [1.165, 1.54) is 0 Å². The maximum Gasteiger partial charge on any atom is 0.394 e. The van der Waals surface area contributed by atoms with E-state index < -0.39 is 20.4 Å². The summed E-state index contributed by atoms with van der Waals surface area (Å²) in [6.07, 6.45) is 1.16. The Kier molecular flexibility index (Phi) is 8.48. The predicted octanol–water partition coefficient (Wildman–Crippen LogP) is 0.300. The van der Waals surface area contributed by atoms with Crippen LogP contribution in [0.15, 0.2) is 18.2 Å². The molecule has 0 fully saturated rings. The van der Waals surface area contributed by atoms with Gasteiger partial charge in [0.15, 0.2) is 0 Å². The zero-order chi connectivity index (χ0) is 18.3. The minimum absolute atomic E-state index is 0.399. The minimum Gasteiger partial charge on any atom is -0.399 e. The van der Waals surface area contributed by atoms with E-state index >= 15 is 0 Å². The zero-order valence-electron chi connectivity index (χ0n) is 13.2. The van der Waals surface area contributed by atoms with Crippen molar-refractivity contribution in [2.75, 3.05) is 36.5 Å². The van der Waals surface area contributed by atoms with Gasteiger partial charge in [0.05, 0.1) is 6.26 Å². The fourth-order valence-electron chi connectivity index (χ4n) is 1.69. The van der Waals surface area contributed by atoms with Gasteiger partial charge in [-0.05, 0) is 37.6 Å². The number of rotatable bonds is 6. The van der Waals surface area contributed by atoms with Gasteiger partial charge in [-0.2, -0.15) is 8.42 Å². The molecule has 0 spiro atoms. The van der Waals surface area contributed by atoms with Gasteiger partial charge >= 0.3 is 10.4 Å². The van der Waals surface area contributed by atoms with Crippen LogP contribution < -0.4 is 15.4 Å². The molecular weight excluding hydrogens is 346 g/mol. The lowest BCUT2D eigenvalue weighted by Gasteiger charge is -2.23. The molecule has 0 aromatic heterocycles. The summed E-state index contributed by atoms with van der Waals surface area (Å²) < 4.78 is 56.1. The van der Waals surface area contributed by atoms with Crippen LogP contribution in [0, 0.1) is 6.92 Å². The number of nitrogens with two attached hydrogens (primary N) is 1. The summed E-state index contributed by atoms with van der Waals surface area (Å²) in [6, 6.07) is 5.84. The Morgan fingerprint density at radius 2 is 1.74 bits per heavy atom. The standard InChI is InChI=1S/C12H21N3O2S.H2O4S/c1-4-15(8-7-14-18(3,16)17)11-5-6-12(13)10(2)9-11;1-5(2,3)4/h5-6,9,14H,4,7-8,13H2,1-3H3;(H2,1,2,3,4). The molecule has 0 saturated carbocycles. The van der Waals surface area contributed by atoms with Gasteiger partial charge in [0.1, 0.15) is 0 Å². The molecule has 1 rings (SSSR count). The summed E-state index contributed by atoms with van der Waals surface area (Å²) in [6.45, 7) is 5.84. The van der Waals surface area contributed by atoms with Crippen molar-refractivity contribution in [3.63, 3.8) is 0 Å². The number of hydrogen-bond acceptors (Lipinski definition) is 6. The first-order valence-electron chi connectivity index (χ1n) is 6.59. The molecule has 11 heteroatoms. The maximum atomic E-state index is 11.0. The van der Waals surface area contributed by atoms with Gasteiger partial charge in [-0.3, -0.25) is 9.11 Å². The number of hydrogen-bond donors (Lipinski definition) is 4. The largest absolute Gasteiger partial charge is 0.399 e. The van der Waals surface area contributed by atoms with Gasteiger partial charge in [-0.15, -0.1) is 0 Å². The van der Waals surface area contributed by atoms with Crippen molar-refractivity contribution in [3.05, 3.63) is 23.8 Å². The molecule has 5 N–H and O–H groups in total. The summed E-state index contributed by atoms with van der Waals surface area (Å²) >= 11 is 0. The van der Waals surface area contributed by atoms with E-state index in [9.17, 15) is 8.42 Å². The molecule has 0 aliphatic rings. The summed E-state index contributed by atoms with van der Waals surface area (Å²) in [5.74, 6) is 0. The molecule has 0 unspecified atom stereocenters. The molecule has 134 valence electrons. The second-order valence-electron chi connectivity index (χ2n) is 4.73. The van der Waals surface area contributed by atoms with Crippen LogP contribution in [0.1, 0.15) is 12.5 Å². The van der Waals surface area contributed by atoms with Gasteiger partial charge in [0.2, 0.25) is 10.0 Å². The monoisotopic (exact) mass is 369 g/mol. The summed E-state index contributed by atoms with van der Waals surface area (Å²) in [4.78, 5) is 2.10. The molecule has 1 aromatic carbocycles. The number of nitrogens with zero attached hydrogens (tertiary/aromatic N) is 1. The first kappa shape index (κ1) is 21.6. The van der Waals surface area contributed by atoms with Crippen molar-refractivity contribution in [2.45, 2.75) is 13.8 Å². The van der Waals surface area contributed by atoms with E-state index in [0.717, 1.165) is 29.7 Å². The van der Waals surface area contributed by atoms with Crippen molar-refractivity contribution in [3.8, 4) is 0 Å². The average molecular weight is 369 g/mol. The highest BCUT2D eigenvalue weighted by Crippen LogP contribution is 2.20. The topological polar surface area (TPSA) is 150 Å². The highest BCUT2D eigenvalue weighted by Gasteiger charge is 2.07. The Labute approximate surface area is 137 Å². The van der Waals surface area contributed by atoms with Gasteiger partial charge in [0.25, 0.3) is 0 Å². The summed E-state index contributed by atoms with van der Waals surface area (Å²) in [5.41, 5.74) is 8.63. The van der Waals surface area contributed by atoms with Crippen molar-refractivity contribution < 1.29 is 25.9 Å². The first-order valence-corrected chi connectivity index (χ1v) is 9.88. The van der Waals surface area contributed by atoms with Crippen LogP contribution in [0.3, 0.4) is 0 Å². The fraction of sp³-hybridized carbons (Fsp3) is 0.500. The quantitative estimate of drug-likeness (QED) is 0.413. The molecule has 0 bridgehead atoms. The van der Waals surface area contributed by atoms with E-state index in [1.807, 2.05) is 32.0 Å². The van der Waals surface area contributed by atoms with Crippen LogP contribution in [0.5, 0.6) is 0 Å². The molecule has 0 atom stereocenters. The van der Waals surface area contributed by atoms with Crippen molar-refractivity contribution in [1.29, 1.82) is 0 Å². The van der Waals surface area contributed by atoms with E-state index in [0.29, 0.717) is 13.1 Å². The van der Waals surface area contributed by atoms with Gasteiger partial charge in [-0.1, -0.05) is 0 Å². The Hall–Kier alpha value is -1.40. The van der Waals surface area contributed by atoms with Crippen LogP contribution in [0.4, 0.5) is 11.4 Å². The van der Waals surface area contributed by atoms with Crippen LogP contribution in [-0.4, -0.2) is 51.8 Å². The predicted molar refractivity (Wildman–Crippen MR) is 90.5 cm³/mol. The Bertz CT molecular complexity index is 696. The number of anilines is 2. The lowest BCUT2D eigenvalue weighted by Crippen LogP contribution is -2.34. The summed E-state index contributed by atoms with van der Waals surface area (Å²) in [5, 5.41) is 0. The van der Waals surface area contributed by atoms with Crippen molar-refractivity contribution >= 4 is 31.8 Å². The number of nitrogens with one attached hydrogen (secondary N) is 1. The lowest BCUT2D eigenvalue weighted by molar-refractivity contribution is 0.381. The van der Waals surface area contributed by atoms with E-state index in [-0.39, 0.29) is 0 Å². The third kappa shape index (κ3) is 11.8. The molecule has 9 nitrogen and oxygen atoms in total. The number of aryl methyl sites for hydroxylation is 1. The fourth-order valence-corrected chi connectivity index (χ4v) is 2.15. The highest BCUT2D eigenvalue weighted by atomic mass is 32.3. The molecule has 0 saturated heterocycles. The van der Waals surface area contributed by atoms with Gasteiger partial charge in [0, 0.05) is 31.0 Å². The normalized spacial score (nSPS) is 11.5. The number of likely N-dealkylation sites (N-methyl/N-ethyl adjacent to an activating group) is 1. The molecule has 23 heavy (non-hydrogen) atoms. The third-order valence-corrected chi connectivity index (χ3v) is 3.47. The molecule has 0 amide bonds. The molecule has 0 heterocycles. The zero-order valence-corrected chi connectivity index (χ0v) is 14.9. The molecule has 0 radical (unpaired) electrons. The smallest absolute Gasteiger partial charge is 0.394 e. The third-order valence-electron chi connectivity index (χ3n) is 2.75. The maximum absolute atomic E-state index is 11.0. The molecule has 1 aromatic rings. The molecular formula is C12H23N3O6S2. The molecule has 0 aliphatic carbocycles. The minimum atomic E-state index is -4.67. The van der Waals surface area contributed by atoms with Crippen LogP contribution in [0.2, 0.25) is 0 Å². The van der Waals surface area contributed by atoms with Crippen LogP contribution in [-0.2, 0) is 20.4 Å². The highest BCUT2D eigenvalue weighted by molar-refractivity contribution is 7.88. The van der Waals surface area contributed by atoms with Crippen molar-refractivity contribution in [1.82, 2.24) is 4.72 Å². The number of nitrogen functional groups attached to an aromatic ring is 1. The number of benzene rings is 1. The second kappa shape index (κ2) is 9.03. The Morgan fingerprint density at radius 1 is 1.22 bits per heavy atom.